The van der Waals surface area contributed by atoms with Crippen LogP contribution in [0.3, 0.4) is 0 Å². The zero-order valence-electron chi connectivity index (χ0n) is 7.59. The minimum absolute atomic E-state index is 0.825. The highest BCUT2D eigenvalue weighted by molar-refractivity contribution is 7.98. The molecule has 12 heavy (non-hydrogen) atoms. The predicted octanol–water partition coefficient (Wildman–Crippen LogP) is 1.94. The Morgan fingerprint density at radius 1 is 1.50 bits per heavy atom. The highest BCUT2D eigenvalue weighted by atomic mass is 32.2. The van der Waals surface area contributed by atoms with Crippen LogP contribution in [-0.4, -0.2) is 22.8 Å². The Morgan fingerprint density at radius 3 is 2.83 bits per heavy atom. The monoisotopic (exact) mass is 183 g/mol. The first-order valence-electron chi connectivity index (χ1n) is 3.89. The van der Waals surface area contributed by atoms with E-state index in [1.54, 1.807) is 11.8 Å². The summed E-state index contributed by atoms with van der Waals surface area (Å²) in [5.74, 6) is 0.911. The van der Waals surface area contributed by atoms with Crippen LogP contribution >= 0.6 is 11.8 Å². The van der Waals surface area contributed by atoms with Crippen molar-refractivity contribution in [1.29, 1.82) is 0 Å². The van der Waals surface area contributed by atoms with Crippen molar-refractivity contribution in [2.24, 2.45) is 0 Å². The standard InChI is InChI=1S/C8H13N3S/c1-4-9-7-5-6(2)10-8(11-7)12-3/h5H,4H2,1-3H3,(H,9,10,11). The molecule has 66 valence electrons. The van der Waals surface area contributed by atoms with E-state index in [1.807, 2.05) is 19.2 Å². The summed E-state index contributed by atoms with van der Waals surface area (Å²) in [6.45, 7) is 4.92. The number of nitrogens with one attached hydrogen (secondary N) is 1. The van der Waals surface area contributed by atoms with Gasteiger partial charge in [-0.2, -0.15) is 0 Å². The third-order valence-electron chi connectivity index (χ3n) is 1.37. The lowest BCUT2D eigenvalue weighted by atomic mass is 10.4. The predicted molar refractivity (Wildman–Crippen MR) is 52.7 cm³/mol. The first kappa shape index (κ1) is 9.32. The highest BCUT2D eigenvalue weighted by Crippen LogP contribution is 2.12. The molecule has 0 aliphatic heterocycles. The summed E-state index contributed by atoms with van der Waals surface area (Å²) in [5.41, 5.74) is 1.00. The molecular formula is C8H13N3S. The fraction of sp³-hybridized carbons (Fsp3) is 0.500. The molecule has 0 spiro atoms. The van der Waals surface area contributed by atoms with Gasteiger partial charge >= 0.3 is 0 Å². The summed E-state index contributed by atoms with van der Waals surface area (Å²) in [6.07, 6.45) is 1.98. The number of thioether (sulfide) groups is 1. The van der Waals surface area contributed by atoms with Crippen molar-refractivity contribution in [2.75, 3.05) is 18.1 Å². The quantitative estimate of drug-likeness (QED) is 0.574. The maximum atomic E-state index is 4.28. The summed E-state index contributed by atoms with van der Waals surface area (Å²) in [5, 5.41) is 3.98. The van der Waals surface area contributed by atoms with E-state index in [1.165, 1.54) is 0 Å². The maximum absolute atomic E-state index is 4.28. The molecule has 0 aliphatic rings. The van der Waals surface area contributed by atoms with Crippen LogP contribution in [0.1, 0.15) is 12.6 Å². The largest absolute Gasteiger partial charge is 0.370 e. The normalized spacial score (nSPS) is 9.92. The first-order chi connectivity index (χ1) is 5.76. The van der Waals surface area contributed by atoms with Crippen LogP contribution in [0.25, 0.3) is 0 Å². The van der Waals surface area contributed by atoms with E-state index in [0.29, 0.717) is 0 Å². The molecule has 1 aromatic rings. The zero-order chi connectivity index (χ0) is 8.97. The average molecular weight is 183 g/mol. The van der Waals surface area contributed by atoms with Crippen LogP contribution in [0, 0.1) is 6.92 Å². The van der Waals surface area contributed by atoms with Gasteiger partial charge < -0.3 is 5.32 Å². The lowest BCUT2D eigenvalue weighted by Crippen LogP contribution is -2.01. The van der Waals surface area contributed by atoms with Crippen molar-refractivity contribution < 1.29 is 0 Å². The van der Waals surface area contributed by atoms with Crippen LogP contribution in [0.5, 0.6) is 0 Å². The molecule has 0 saturated carbocycles. The summed E-state index contributed by atoms with van der Waals surface area (Å²) in [6, 6.07) is 1.95. The molecule has 4 heteroatoms. The number of aryl methyl sites for hydroxylation is 1. The zero-order valence-corrected chi connectivity index (χ0v) is 8.40. The van der Waals surface area contributed by atoms with Gasteiger partial charge in [-0.05, 0) is 20.1 Å². The smallest absolute Gasteiger partial charge is 0.189 e. The Labute approximate surface area is 77.0 Å². The SMILES string of the molecule is CCNc1cc(C)nc(SC)n1. The van der Waals surface area contributed by atoms with Gasteiger partial charge in [-0.3, -0.25) is 0 Å². The number of rotatable bonds is 3. The van der Waals surface area contributed by atoms with E-state index in [0.717, 1.165) is 23.2 Å². The number of nitrogens with zero attached hydrogens (tertiary/aromatic N) is 2. The number of hydrogen-bond acceptors (Lipinski definition) is 4. The molecule has 0 saturated heterocycles. The molecule has 1 rings (SSSR count). The first-order valence-corrected chi connectivity index (χ1v) is 5.12. The molecule has 3 nitrogen and oxygen atoms in total. The fourth-order valence-electron chi connectivity index (χ4n) is 0.904. The van der Waals surface area contributed by atoms with Crippen molar-refractivity contribution in [3.05, 3.63) is 11.8 Å². The molecule has 1 heterocycles. The van der Waals surface area contributed by atoms with E-state index in [9.17, 15) is 0 Å². The second-order valence-corrected chi connectivity index (χ2v) is 3.18. The summed E-state index contributed by atoms with van der Waals surface area (Å²) < 4.78 is 0. The van der Waals surface area contributed by atoms with E-state index in [4.69, 9.17) is 0 Å². The average Bonchev–Trinajstić information content (AvgIpc) is 2.04. The summed E-state index contributed by atoms with van der Waals surface area (Å²) >= 11 is 1.56. The fourth-order valence-corrected chi connectivity index (χ4v) is 1.33. The van der Waals surface area contributed by atoms with E-state index in [-0.39, 0.29) is 0 Å². The third kappa shape index (κ3) is 2.37. The Hall–Kier alpha value is -0.770. The van der Waals surface area contributed by atoms with Crippen LogP contribution in [0.4, 0.5) is 5.82 Å². The van der Waals surface area contributed by atoms with E-state index < -0.39 is 0 Å². The number of aromatic nitrogens is 2. The van der Waals surface area contributed by atoms with Crippen molar-refractivity contribution in [3.63, 3.8) is 0 Å². The van der Waals surface area contributed by atoms with Gasteiger partial charge in [0.15, 0.2) is 5.16 Å². The Bertz CT molecular complexity index is 262. The summed E-state index contributed by atoms with van der Waals surface area (Å²) in [4.78, 5) is 8.53. The van der Waals surface area contributed by atoms with E-state index >= 15 is 0 Å². The minimum atomic E-state index is 0.825. The van der Waals surface area contributed by atoms with Gasteiger partial charge in [0.1, 0.15) is 5.82 Å². The third-order valence-corrected chi connectivity index (χ3v) is 1.92. The molecule has 0 radical (unpaired) electrons. The maximum Gasteiger partial charge on any atom is 0.189 e. The molecule has 0 atom stereocenters. The molecule has 0 unspecified atom stereocenters. The lowest BCUT2D eigenvalue weighted by Gasteiger charge is -2.04. The van der Waals surface area contributed by atoms with Crippen LogP contribution in [0.2, 0.25) is 0 Å². The minimum Gasteiger partial charge on any atom is -0.370 e. The molecule has 1 aromatic heterocycles. The molecular weight excluding hydrogens is 170 g/mol. The van der Waals surface area contributed by atoms with Gasteiger partial charge in [0.05, 0.1) is 0 Å². The van der Waals surface area contributed by atoms with Gasteiger partial charge in [0.25, 0.3) is 0 Å². The van der Waals surface area contributed by atoms with Crippen LogP contribution in [0.15, 0.2) is 11.2 Å². The van der Waals surface area contributed by atoms with E-state index in [2.05, 4.69) is 22.2 Å². The highest BCUT2D eigenvalue weighted by Gasteiger charge is 1.98. The van der Waals surface area contributed by atoms with Crippen molar-refractivity contribution in [3.8, 4) is 0 Å². The lowest BCUT2D eigenvalue weighted by molar-refractivity contribution is 0.930. The van der Waals surface area contributed by atoms with Gasteiger partial charge in [-0.1, -0.05) is 11.8 Å². The second-order valence-electron chi connectivity index (χ2n) is 2.41. The number of hydrogen-bond donors (Lipinski definition) is 1. The molecule has 0 bridgehead atoms. The van der Waals surface area contributed by atoms with Gasteiger partial charge in [0.2, 0.25) is 0 Å². The second kappa shape index (κ2) is 4.30. The van der Waals surface area contributed by atoms with Crippen LogP contribution < -0.4 is 5.32 Å². The van der Waals surface area contributed by atoms with Crippen molar-refractivity contribution >= 4 is 17.6 Å². The summed E-state index contributed by atoms with van der Waals surface area (Å²) in [7, 11) is 0. The Balaban J connectivity index is 2.90. The van der Waals surface area contributed by atoms with Gasteiger partial charge in [0, 0.05) is 18.3 Å². The van der Waals surface area contributed by atoms with Crippen molar-refractivity contribution in [2.45, 2.75) is 19.0 Å². The number of anilines is 1. The molecule has 1 N–H and O–H groups in total. The topological polar surface area (TPSA) is 37.8 Å². The molecule has 0 aliphatic carbocycles. The Morgan fingerprint density at radius 2 is 2.25 bits per heavy atom. The molecule has 0 fully saturated rings. The molecule has 0 aromatic carbocycles. The van der Waals surface area contributed by atoms with Crippen LogP contribution in [-0.2, 0) is 0 Å². The Kier molecular flexibility index (Phi) is 3.34. The molecule has 0 amide bonds. The van der Waals surface area contributed by atoms with Gasteiger partial charge in [-0.25, -0.2) is 9.97 Å². The van der Waals surface area contributed by atoms with Gasteiger partial charge in [-0.15, -0.1) is 0 Å². The van der Waals surface area contributed by atoms with Crippen molar-refractivity contribution in [1.82, 2.24) is 9.97 Å².